The second-order valence-electron chi connectivity index (χ2n) is 21.9. The maximum absolute atomic E-state index is 14.4. The van der Waals surface area contributed by atoms with E-state index in [9.17, 15) is 68.1 Å². The van der Waals surface area contributed by atoms with Gasteiger partial charge < -0.3 is 80.8 Å². The molecule has 0 aromatic carbocycles. The van der Waals surface area contributed by atoms with Gasteiger partial charge in [0.15, 0.2) is 11.6 Å². The number of unbranched alkanes of at least 4 members (excludes halogenated alkanes) is 4. The van der Waals surface area contributed by atoms with Gasteiger partial charge in [-0.05, 0) is 103 Å². The van der Waals surface area contributed by atoms with E-state index in [1.54, 1.807) is 13.8 Å². The minimum Gasteiger partial charge on any atom is -0.396 e. The van der Waals surface area contributed by atoms with Crippen LogP contribution < -0.4 is 65.5 Å². The van der Waals surface area contributed by atoms with E-state index in [1.165, 1.54) is 13.8 Å². The Kier molecular flexibility index (Phi) is 35.4. The zero-order valence-corrected chi connectivity index (χ0v) is 48.3. The second-order valence-corrected chi connectivity index (χ2v) is 21.9. The van der Waals surface area contributed by atoms with E-state index in [1.807, 2.05) is 13.8 Å². The highest BCUT2D eigenvalue weighted by Gasteiger charge is 2.38. The van der Waals surface area contributed by atoms with E-state index >= 15 is 0 Å². The van der Waals surface area contributed by atoms with Gasteiger partial charge in [-0.15, -0.1) is 0 Å². The molecule has 0 spiro atoms. The van der Waals surface area contributed by atoms with Crippen molar-refractivity contribution in [2.45, 2.75) is 206 Å². The van der Waals surface area contributed by atoms with Gasteiger partial charge in [-0.25, -0.2) is 0 Å². The molecule has 8 amide bonds. The van der Waals surface area contributed by atoms with Gasteiger partial charge in [0.05, 0.1) is 30.8 Å². The van der Waals surface area contributed by atoms with Crippen molar-refractivity contribution < 1.29 is 68.1 Å². The average molecular weight is 1140 g/mol. The number of hydrogen-bond donors (Lipinski definition) is 15. The first kappa shape index (κ1) is 72.5. The molecular formula is C54H98N12O14. The van der Waals surface area contributed by atoms with Crippen LogP contribution in [0.3, 0.4) is 0 Å². The van der Waals surface area contributed by atoms with Gasteiger partial charge in [0.1, 0.15) is 42.0 Å². The number of carbonyl (C=O) groups excluding carboxylic acids is 11. The molecular weight excluding hydrogens is 1040 g/mol. The third-order valence-electron chi connectivity index (χ3n) is 13.8. The molecule has 0 unspecified atom stereocenters. The molecule has 12 atom stereocenters. The van der Waals surface area contributed by atoms with Crippen LogP contribution in [-0.4, -0.2) is 174 Å². The predicted molar refractivity (Wildman–Crippen MR) is 298 cm³/mol. The molecule has 1 fully saturated rings. The predicted octanol–water partition coefficient (Wildman–Crippen LogP) is -2.77. The Morgan fingerprint density at radius 2 is 1.15 bits per heavy atom. The molecule has 1 aliphatic heterocycles. The summed E-state index contributed by atoms with van der Waals surface area (Å²) in [5, 5.41) is 52.0. The van der Waals surface area contributed by atoms with Crippen LogP contribution in [0.5, 0.6) is 0 Å². The molecule has 0 aliphatic carbocycles. The highest BCUT2D eigenvalue weighted by molar-refractivity contribution is 5.99. The number of nitrogens with one attached hydrogen (secondary N) is 8. The molecule has 1 rings (SSSR count). The lowest BCUT2D eigenvalue weighted by molar-refractivity contribution is -0.137. The molecule has 26 heteroatoms. The van der Waals surface area contributed by atoms with Gasteiger partial charge in [0.25, 0.3) is 0 Å². The summed E-state index contributed by atoms with van der Waals surface area (Å²) in [7, 11) is 0. The largest absolute Gasteiger partial charge is 0.396 e. The van der Waals surface area contributed by atoms with Crippen molar-refractivity contribution in [3.63, 3.8) is 0 Å². The lowest BCUT2D eigenvalue weighted by atomic mass is 9.88. The Morgan fingerprint density at radius 3 is 1.68 bits per heavy atom. The van der Waals surface area contributed by atoms with Crippen LogP contribution >= 0.6 is 0 Å². The topological polar surface area (TPSA) is 449 Å². The van der Waals surface area contributed by atoms with Crippen LogP contribution in [0.4, 0.5) is 0 Å². The highest BCUT2D eigenvalue weighted by Crippen LogP contribution is 2.21. The van der Waals surface area contributed by atoms with Crippen molar-refractivity contribution in [3.05, 3.63) is 0 Å². The van der Waals surface area contributed by atoms with Crippen LogP contribution in [0.2, 0.25) is 0 Å². The number of rotatable bonds is 30. The second kappa shape index (κ2) is 39.0. The average Bonchev–Trinajstić information content (AvgIpc) is 3.38. The number of aliphatic hydroxyl groups is 3. The van der Waals surface area contributed by atoms with Crippen LogP contribution in [0.15, 0.2) is 0 Å². The number of ketones is 3. The number of carbonyl (C=O) groups is 11. The monoisotopic (exact) mass is 1140 g/mol. The Labute approximate surface area is 471 Å². The fourth-order valence-corrected chi connectivity index (χ4v) is 9.25. The first-order chi connectivity index (χ1) is 37.8. The number of nitrogens with two attached hydrogens (primary N) is 4. The fourth-order valence-electron chi connectivity index (χ4n) is 9.25. The molecule has 0 radical (unpaired) electrons. The minimum absolute atomic E-state index is 0.0848. The first-order valence-electron chi connectivity index (χ1n) is 28.5. The van der Waals surface area contributed by atoms with Crippen molar-refractivity contribution in [2.75, 3.05) is 39.3 Å². The van der Waals surface area contributed by atoms with E-state index in [0.717, 1.165) is 25.7 Å². The van der Waals surface area contributed by atoms with E-state index < -0.39 is 163 Å². The lowest BCUT2D eigenvalue weighted by Gasteiger charge is -2.28. The van der Waals surface area contributed by atoms with Crippen LogP contribution in [0.1, 0.15) is 151 Å². The molecule has 1 heterocycles. The molecule has 1 saturated heterocycles. The summed E-state index contributed by atoms with van der Waals surface area (Å²) in [5.74, 6) is -12.5. The van der Waals surface area contributed by atoms with Gasteiger partial charge in [-0.1, -0.05) is 60.3 Å². The molecule has 0 bridgehead atoms. The number of Topliss-reactive ketones (excluding diaryl/α,β-unsaturated/α-hetero) is 3. The lowest BCUT2D eigenvalue weighted by Crippen LogP contribution is -2.60. The van der Waals surface area contributed by atoms with E-state index in [-0.39, 0.29) is 95.2 Å². The summed E-state index contributed by atoms with van der Waals surface area (Å²) in [6.45, 7) is 10.1. The van der Waals surface area contributed by atoms with Gasteiger partial charge in [0.2, 0.25) is 47.3 Å². The smallest absolute Gasteiger partial charge is 0.245 e. The van der Waals surface area contributed by atoms with E-state index in [4.69, 9.17) is 22.9 Å². The normalized spacial score (nSPS) is 23.5. The van der Waals surface area contributed by atoms with Gasteiger partial charge in [-0.2, -0.15) is 0 Å². The molecule has 0 saturated carbocycles. The van der Waals surface area contributed by atoms with Crippen molar-refractivity contribution >= 4 is 64.6 Å². The zero-order chi connectivity index (χ0) is 60.6. The Hall–Kier alpha value is -5.51. The van der Waals surface area contributed by atoms with Crippen molar-refractivity contribution in [1.29, 1.82) is 0 Å². The zero-order valence-electron chi connectivity index (χ0n) is 48.3. The molecule has 1 aliphatic rings. The Bertz CT molecular complexity index is 2010. The van der Waals surface area contributed by atoms with Crippen molar-refractivity contribution in [2.24, 2.45) is 52.5 Å². The van der Waals surface area contributed by atoms with Crippen LogP contribution in [-0.2, 0) is 52.7 Å². The molecule has 0 aromatic heterocycles. The van der Waals surface area contributed by atoms with Gasteiger partial charge in [0, 0.05) is 44.1 Å². The third-order valence-corrected chi connectivity index (χ3v) is 13.8. The molecule has 80 heavy (non-hydrogen) atoms. The van der Waals surface area contributed by atoms with Crippen LogP contribution in [0, 0.1) is 29.6 Å². The van der Waals surface area contributed by atoms with Crippen LogP contribution in [0.25, 0.3) is 0 Å². The van der Waals surface area contributed by atoms with Gasteiger partial charge in [-0.3, -0.25) is 52.7 Å². The summed E-state index contributed by atoms with van der Waals surface area (Å²) in [6, 6.07) is -10.1. The van der Waals surface area contributed by atoms with E-state index in [2.05, 4.69) is 49.5 Å². The number of aliphatic hydroxyl groups excluding tert-OH is 3. The molecule has 0 aromatic rings. The van der Waals surface area contributed by atoms with Gasteiger partial charge >= 0.3 is 0 Å². The Balaban J connectivity index is 3.81. The minimum atomic E-state index is -1.66. The Morgan fingerprint density at radius 1 is 0.613 bits per heavy atom. The van der Waals surface area contributed by atoms with Crippen molar-refractivity contribution in [3.8, 4) is 0 Å². The molecule has 26 nitrogen and oxygen atoms in total. The SMILES string of the molecule is CCCCCCCC(=O)C[C@@H](CO)C(=O)N[C@H](C(=O)C[C@@H](CCN)C(=O)N[C@H]1CCNC(=O)[C@H]([C@@H](C)O)NC(=O)[C@H](CCN)NC(=O)[C@H](CCN)NC(=O)[C@H](CC(C)C)NC(=O)[C@@H](CC(C)C)CC(=O)[C@H](CCN)NC1=O)[C@@H](C)O. The summed E-state index contributed by atoms with van der Waals surface area (Å²) >= 11 is 0. The number of hydrogen-bond acceptors (Lipinski definition) is 18. The summed E-state index contributed by atoms with van der Waals surface area (Å²) in [5.41, 5.74) is 23.5. The fraction of sp³-hybridized carbons (Fsp3) is 0.796. The number of amides is 8. The maximum Gasteiger partial charge on any atom is 0.245 e. The molecule has 19 N–H and O–H groups in total. The molecule has 458 valence electrons. The van der Waals surface area contributed by atoms with E-state index in [0.29, 0.717) is 6.42 Å². The summed E-state index contributed by atoms with van der Waals surface area (Å²) < 4.78 is 0. The maximum atomic E-state index is 14.4. The highest BCUT2D eigenvalue weighted by atomic mass is 16.3. The quantitative estimate of drug-likeness (QED) is 0.0324. The summed E-state index contributed by atoms with van der Waals surface area (Å²) in [6.07, 6.45) is -0.486. The third kappa shape index (κ3) is 26.8. The first-order valence-corrected chi connectivity index (χ1v) is 28.5. The summed E-state index contributed by atoms with van der Waals surface area (Å²) in [4.78, 5) is 152. The standard InChI is InChI=1S/C54H98N12O14/c1-8-9-10-11-12-13-37(70)26-36(29-67)49(75)65-45(32(6)68)44(72)27-34(14-19-55)47(73)61-41-18-23-59-54(80)46(33(7)69)66-52(78)40(17-22-58)62-50(76)39(16-21-57)63-53(79)42(25-31(4)5)64-48(74)35(24-30(2)3)28-43(71)38(15-20-56)60-51(41)77/h30-36,38-42,45-46,67-69H,8-29,55-58H2,1-7H3,(H,59,80)(H,60,77)(H,61,73)(H,62,76)(H,63,79)(H,64,74)(H,65,75)(H,66,78)/t32-,33-,34-,35+,36+,38+,39+,40+,41+,42+,45+,46+/m1/s1. The van der Waals surface area contributed by atoms with Crippen molar-refractivity contribution in [1.82, 2.24) is 42.5 Å².